The van der Waals surface area contributed by atoms with E-state index in [9.17, 15) is 8.42 Å². The van der Waals surface area contributed by atoms with Crippen LogP contribution in [-0.2, 0) is 10.0 Å². The molecule has 5 heteroatoms. The summed E-state index contributed by atoms with van der Waals surface area (Å²) in [4.78, 5) is 0. The summed E-state index contributed by atoms with van der Waals surface area (Å²) in [6.07, 6.45) is 6.77. The van der Waals surface area contributed by atoms with Crippen molar-refractivity contribution in [3.05, 3.63) is 0 Å². The summed E-state index contributed by atoms with van der Waals surface area (Å²) in [5.41, 5.74) is 0. The van der Waals surface area contributed by atoms with Crippen LogP contribution in [0, 0.1) is 5.92 Å². The maximum absolute atomic E-state index is 12.3. The van der Waals surface area contributed by atoms with E-state index in [0.29, 0.717) is 24.3 Å². The molecule has 18 heavy (non-hydrogen) atoms. The van der Waals surface area contributed by atoms with Crippen LogP contribution >= 0.6 is 0 Å². The minimum atomic E-state index is -3.03. The van der Waals surface area contributed by atoms with Crippen molar-refractivity contribution in [1.82, 2.24) is 9.62 Å². The maximum atomic E-state index is 12.3. The SMILES string of the molecule is CCN(CC1CC1)S(=O)(=O)CCC1CCCCN1. The number of hydrogen-bond acceptors (Lipinski definition) is 3. The van der Waals surface area contributed by atoms with Crippen molar-refractivity contribution in [3.63, 3.8) is 0 Å². The standard InChI is InChI=1S/C13H26N2O2S/c1-2-15(11-12-6-7-12)18(16,17)10-8-13-5-3-4-9-14-13/h12-14H,2-11H2,1H3. The van der Waals surface area contributed by atoms with Crippen molar-refractivity contribution >= 4 is 10.0 Å². The summed E-state index contributed by atoms with van der Waals surface area (Å²) < 4.78 is 26.2. The minimum absolute atomic E-state index is 0.311. The highest BCUT2D eigenvalue weighted by molar-refractivity contribution is 7.89. The monoisotopic (exact) mass is 274 g/mol. The van der Waals surface area contributed by atoms with Gasteiger partial charge in [0, 0.05) is 19.1 Å². The number of piperidine rings is 1. The second kappa shape index (κ2) is 6.35. The van der Waals surface area contributed by atoms with Gasteiger partial charge in [0.15, 0.2) is 0 Å². The summed E-state index contributed by atoms with van der Waals surface area (Å²) >= 11 is 0. The van der Waals surface area contributed by atoms with E-state index in [0.717, 1.165) is 25.9 Å². The van der Waals surface area contributed by atoms with E-state index in [4.69, 9.17) is 0 Å². The highest BCUT2D eigenvalue weighted by atomic mass is 32.2. The van der Waals surface area contributed by atoms with E-state index >= 15 is 0 Å². The molecular formula is C13H26N2O2S. The van der Waals surface area contributed by atoms with Gasteiger partial charge in [-0.2, -0.15) is 0 Å². The fourth-order valence-electron chi connectivity index (χ4n) is 2.62. The van der Waals surface area contributed by atoms with Crippen LogP contribution in [0.1, 0.15) is 45.4 Å². The predicted molar refractivity (Wildman–Crippen MR) is 74.0 cm³/mol. The third kappa shape index (κ3) is 4.21. The lowest BCUT2D eigenvalue weighted by atomic mass is 10.0. The molecule has 0 radical (unpaired) electrons. The molecule has 2 rings (SSSR count). The topological polar surface area (TPSA) is 49.4 Å². The van der Waals surface area contributed by atoms with Crippen LogP contribution in [0.3, 0.4) is 0 Å². The van der Waals surface area contributed by atoms with Gasteiger partial charge in [-0.3, -0.25) is 0 Å². The van der Waals surface area contributed by atoms with Crippen LogP contribution in [-0.4, -0.2) is 44.2 Å². The third-order valence-electron chi connectivity index (χ3n) is 4.04. The number of hydrogen-bond donors (Lipinski definition) is 1. The fourth-order valence-corrected chi connectivity index (χ4v) is 4.29. The van der Waals surface area contributed by atoms with E-state index in [2.05, 4.69) is 5.32 Å². The zero-order chi connectivity index (χ0) is 13.0. The molecule has 2 fully saturated rings. The fraction of sp³-hybridized carbons (Fsp3) is 1.00. The van der Waals surface area contributed by atoms with Gasteiger partial charge < -0.3 is 5.32 Å². The molecule has 0 amide bonds. The van der Waals surface area contributed by atoms with E-state index < -0.39 is 10.0 Å². The molecule has 0 aromatic heterocycles. The van der Waals surface area contributed by atoms with E-state index in [-0.39, 0.29) is 0 Å². The average molecular weight is 274 g/mol. The molecule has 1 N–H and O–H groups in total. The first-order valence-corrected chi connectivity index (χ1v) is 8.94. The zero-order valence-electron chi connectivity index (χ0n) is 11.4. The molecule has 2 aliphatic rings. The highest BCUT2D eigenvalue weighted by Crippen LogP contribution is 2.30. The van der Waals surface area contributed by atoms with Gasteiger partial charge in [0.2, 0.25) is 10.0 Å². The molecule has 0 spiro atoms. The van der Waals surface area contributed by atoms with E-state index in [1.807, 2.05) is 6.92 Å². The maximum Gasteiger partial charge on any atom is 0.214 e. The molecule has 0 bridgehead atoms. The Kier molecular flexibility index (Phi) is 5.04. The smallest absolute Gasteiger partial charge is 0.214 e. The summed E-state index contributed by atoms with van der Waals surface area (Å²) in [7, 11) is -3.03. The van der Waals surface area contributed by atoms with Crippen LogP contribution in [0.15, 0.2) is 0 Å². The third-order valence-corrected chi connectivity index (χ3v) is 5.99. The van der Waals surface area contributed by atoms with Crippen LogP contribution in [0.5, 0.6) is 0 Å². The Morgan fingerprint density at radius 3 is 2.56 bits per heavy atom. The summed E-state index contributed by atoms with van der Waals surface area (Å²) in [5, 5.41) is 3.42. The zero-order valence-corrected chi connectivity index (χ0v) is 12.2. The first kappa shape index (κ1) is 14.3. The molecular weight excluding hydrogens is 248 g/mol. The summed E-state index contributed by atoms with van der Waals surface area (Å²) in [6, 6.07) is 0.410. The van der Waals surface area contributed by atoms with Gasteiger partial charge in [0.1, 0.15) is 0 Å². The Labute approximate surface area is 111 Å². The van der Waals surface area contributed by atoms with Crippen molar-refractivity contribution < 1.29 is 8.42 Å². The lowest BCUT2D eigenvalue weighted by Crippen LogP contribution is -2.39. The molecule has 1 atom stereocenters. The van der Waals surface area contributed by atoms with Gasteiger partial charge >= 0.3 is 0 Å². The van der Waals surface area contributed by atoms with Gasteiger partial charge in [-0.05, 0) is 44.6 Å². The number of sulfonamides is 1. The molecule has 4 nitrogen and oxygen atoms in total. The Hall–Kier alpha value is -0.130. The molecule has 1 aliphatic heterocycles. The lowest BCUT2D eigenvalue weighted by Gasteiger charge is -2.25. The quantitative estimate of drug-likeness (QED) is 0.767. The van der Waals surface area contributed by atoms with Crippen molar-refractivity contribution in [2.75, 3.05) is 25.4 Å². The van der Waals surface area contributed by atoms with E-state index in [1.165, 1.54) is 25.7 Å². The normalized spacial score (nSPS) is 25.6. The molecule has 1 aliphatic carbocycles. The molecule has 0 aromatic rings. The number of nitrogens with zero attached hydrogens (tertiary/aromatic N) is 1. The minimum Gasteiger partial charge on any atom is -0.314 e. The number of nitrogens with one attached hydrogen (secondary N) is 1. The lowest BCUT2D eigenvalue weighted by molar-refractivity contribution is 0.381. The van der Waals surface area contributed by atoms with Crippen molar-refractivity contribution in [3.8, 4) is 0 Å². The average Bonchev–Trinajstić information content (AvgIpc) is 3.19. The highest BCUT2D eigenvalue weighted by Gasteiger charge is 2.30. The van der Waals surface area contributed by atoms with Crippen LogP contribution in [0.2, 0.25) is 0 Å². The van der Waals surface area contributed by atoms with Crippen LogP contribution < -0.4 is 5.32 Å². The number of rotatable bonds is 7. The van der Waals surface area contributed by atoms with Gasteiger partial charge in [0.05, 0.1) is 5.75 Å². The second-order valence-electron chi connectivity index (χ2n) is 5.65. The molecule has 1 saturated carbocycles. The van der Waals surface area contributed by atoms with Crippen LogP contribution in [0.4, 0.5) is 0 Å². The van der Waals surface area contributed by atoms with Crippen LogP contribution in [0.25, 0.3) is 0 Å². The molecule has 106 valence electrons. The summed E-state index contributed by atoms with van der Waals surface area (Å²) in [6.45, 7) is 4.36. The molecule has 1 heterocycles. The van der Waals surface area contributed by atoms with Crippen molar-refractivity contribution in [1.29, 1.82) is 0 Å². The summed E-state index contributed by atoms with van der Waals surface area (Å²) in [5.74, 6) is 0.943. The Morgan fingerprint density at radius 2 is 2.00 bits per heavy atom. The Balaban J connectivity index is 1.80. The predicted octanol–water partition coefficient (Wildman–Crippen LogP) is 1.58. The Morgan fingerprint density at radius 1 is 1.22 bits per heavy atom. The van der Waals surface area contributed by atoms with E-state index in [1.54, 1.807) is 4.31 Å². The van der Waals surface area contributed by atoms with Crippen molar-refractivity contribution in [2.45, 2.75) is 51.5 Å². The van der Waals surface area contributed by atoms with Gasteiger partial charge in [-0.15, -0.1) is 0 Å². The van der Waals surface area contributed by atoms with Gasteiger partial charge in [-0.1, -0.05) is 13.3 Å². The Bertz CT molecular complexity index is 346. The second-order valence-corrected chi connectivity index (χ2v) is 7.73. The first-order chi connectivity index (χ1) is 8.62. The molecule has 1 unspecified atom stereocenters. The first-order valence-electron chi connectivity index (χ1n) is 7.33. The molecule has 0 aromatic carbocycles. The van der Waals surface area contributed by atoms with Gasteiger partial charge in [-0.25, -0.2) is 12.7 Å². The van der Waals surface area contributed by atoms with Crippen molar-refractivity contribution in [2.24, 2.45) is 5.92 Å². The van der Waals surface area contributed by atoms with Gasteiger partial charge in [0.25, 0.3) is 0 Å². The molecule has 1 saturated heterocycles. The largest absolute Gasteiger partial charge is 0.314 e.